The number of nitrogens with one attached hydrogen (secondary N) is 1. The molecule has 0 aliphatic carbocycles. The lowest BCUT2D eigenvalue weighted by atomic mass is 10.1. The van der Waals surface area contributed by atoms with Crippen LogP contribution in [-0.4, -0.2) is 33.8 Å². The molecule has 1 atom stereocenters. The van der Waals surface area contributed by atoms with Crippen molar-refractivity contribution in [1.29, 1.82) is 0 Å². The highest BCUT2D eigenvalue weighted by Gasteiger charge is 2.22. The van der Waals surface area contributed by atoms with Crippen molar-refractivity contribution in [2.75, 3.05) is 11.9 Å². The van der Waals surface area contributed by atoms with E-state index in [1.54, 1.807) is 6.92 Å². The van der Waals surface area contributed by atoms with Crippen LogP contribution in [0.3, 0.4) is 0 Å². The Hall–Kier alpha value is -2.15. The number of aliphatic hydroxyl groups is 1. The number of carboxylic acids is 1. The van der Waals surface area contributed by atoms with Gasteiger partial charge in [-0.25, -0.2) is 4.79 Å². The minimum Gasteiger partial charge on any atom is -0.478 e. The molecule has 18 heavy (non-hydrogen) atoms. The van der Waals surface area contributed by atoms with Gasteiger partial charge in [-0.1, -0.05) is 13.0 Å². The van der Waals surface area contributed by atoms with Crippen LogP contribution < -0.4 is 5.32 Å². The standard InChI is InChI=1S/C11H14N2O5/c1-2-7(6-14)12-10-8(11(15)16)4-3-5-9(10)13(17)18/h3-5,7,12,14H,2,6H2,1H3,(H,15,16). The number of rotatable bonds is 6. The lowest BCUT2D eigenvalue weighted by Crippen LogP contribution is -2.24. The van der Waals surface area contributed by atoms with Gasteiger partial charge in [0.05, 0.1) is 17.1 Å². The van der Waals surface area contributed by atoms with Gasteiger partial charge in [-0.05, 0) is 12.5 Å². The Labute approximate surface area is 103 Å². The van der Waals surface area contributed by atoms with Crippen LogP contribution in [0.5, 0.6) is 0 Å². The summed E-state index contributed by atoms with van der Waals surface area (Å²) >= 11 is 0. The molecule has 0 aliphatic rings. The number of nitro groups is 1. The SMILES string of the molecule is CCC(CO)Nc1c(C(=O)O)cccc1[N+](=O)[O-]. The quantitative estimate of drug-likeness (QED) is 0.523. The molecule has 3 N–H and O–H groups in total. The van der Waals surface area contributed by atoms with E-state index in [4.69, 9.17) is 10.2 Å². The van der Waals surface area contributed by atoms with Crippen molar-refractivity contribution in [2.24, 2.45) is 0 Å². The Kier molecular flexibility index (Phi) is 4.61. The van der Waals surface area contributed by atoms with Crippen LogP contribution in [0.2, 0.25) is 0 Å². The van der Waals surface area contributed by atoms with Crippen molar-refractivity contribution in [2.45, 2.75) is 19.4 Å². The van der Waals surface area contributed by atoms with E-state index in [2.05, 4.69) is 5.32 Å². The molecule has 0 aliphatic heterocycles. The molecule has 0 heterocycles. The van der Waals surface area contributed by atoms with Crippen LogP contribution in [0, 0.1) is 10.1 Å². The number of carbonyl (C=O) groups is 1. The summed E-state index contributed by atoms with van der Waals surface area (Å²) in [6.07, 6.45) is 0.515. The van der Waals surface area contributed by atoms with E-state index in [9.17, 15) is 14.9 Å². The van der Waals surface area contributed by atoms with Crippen LogP contribution in [0.15, 0.2) is 18.2 Å². The predicted octanol–water partition coefficient (Wildman–Crippen LogP) is 1.48. The molecule has 7 nitrogen and oxygen atoms in total. The number of benzene rings is 1. The first-order valence-electron chi connectivity index (χ1n) is 5.39. The fourth-order valence-electron chi connectivity index (χ4n) is 1.50. The zero-order valence-corrected chi connectivity index (χ0v) is 9.79. The second-order valence-corrected chi connectivity index (χ2v) is 3.69. The van der Waals surface area contributed by atoms with E-state index < -0.39 is 16.9 Å². The molecule has 1 unspecified atom stereocenters. The number of nitro benzene ring substituents is 1. The van der Waals surface area contributed by atoms with E-state index >= 15 is 0 Å². The molecule has 98 valence electrons. The van der Waals surface area contributed by atoms with Crippen LogP contribution in [0.25, 0.3) is 0 Å². The van der Waals surface area contributed by atoms with Gasteiger partial charge in [0.2, 0.25) is 0 Å². The summed E-state index contributed by atoms with van der Waals surface area (Å²) in [5.41, 5.74) is -0.575. The van der Waals surface area contributed by atoms with Gasteiger partial charge in [0.1, 0.15) is 5.69 Å². The molecule has 0 saturated heterocycles. The third-order valence-corrected chi connectivity index (χ3v) is 2.53. The summed E-state index contributed by atoms with van der Waals surface area (Å²) in [5.74, 6) is -1.26. The molecule has 0 saturated carbocycles. The van der Waals surface area contributed by atoms with E-state index in [-0.39, 0.29) is 23.5 Å². The smallest absolute Gasteiger partial charge is 0.338 e. The van der Waals surface area contributed by atoms with Crippen molar-refractivity contribution in [3.8, 4) is 0 Å². The molecule has 0 radical (unpaired) electrons. The Morgan fingerprint density at radius 1 is 1.56 bits per heavy atom. The third kappa shape index (κ3) is 2.95. The summed E-state index contributed by atoms with van der Waals surface area (Å²) in [4.78, 5) is 21.2. The van der Waals surface area contributed by atoms with Gasteiger partial charge in [0, 0.05) is 12.1 Å². The lowest BCUT2D eigenvalue weighted by Gasteiger charge is -2.17. The Morgan fingerprint density at radius 3 is 2.67 bits per heavy atom. The maximum Gasteiger partial charge on any atom is 0.338 e. The molecule has 7 heteroatoms. The van der Waals surface area contributed by atoms with Crippen molar-refractivity contribution in [3.05, 3.63) is 33.9 Å². The molecule has 0 fully saturated rings. The highest BCUT2D eigenvalue weighted by atomic mass is 16.6. The van der Waals surface area contributed by atoms with Crippen LogP contribution in [0.4, 0.5) is 11.4 Å². The number of para-hydroxylation sites is 1. The van der Waals surface area contributed by atoms with E-state index in [0.29, 0.717) is 6.42 Å². The second-order valence-electron chi connectivity index (χ2n) is 3.69. The topological polar surface area (TPSA) is 113 Å². The van der Waals surface area contributed by atoms with Gasteiger partial charge in [0.25, 0.3) is 5.69 Å². The summed E-state index contributed by atoms with van der Waals surface area (Å²) in [6.45, 7) is 1.55. The van der Waals surface area contributed by atoms with Gasteiger partial charge in [-0.3, -0.25) is 10.1 Å². The van der Waals surface area contributed by atoms with E-state index in [1.807, 2.05) is 0 Å². The highest BCUT2D eigenvalue weighted by Crippen LogP contribution is 2.29. The average Bonchev–Trinajstić information content (AvgIpc) is 2.35. The average molecular weight is 254 g/mol. The first kappa shape index (κ1) is 13.9. The minimum atomic E-state index is -1.26. The number of anilines is 1. The molecule has 1 rings (SSSR count). The maximum absolute atomic E-state index is 11.0. The van der Waals surface area contributed by atoms with Crippen LogP contribution in [-0.2, 0) is 0 Å². The van der Waals surface area contributed by atoms with Crippen molar-refractivity contribution in [1.82, 2.24) is 0 Å². The highest BCUT2D eigenvalue weighted by molar-refractivity contribution is 5.96. The first-order chi connectivity index (χ1) is 8.51. The van der Waals surface area contributed by atoms with Crippen molar-refractivity contribution >= 4 is 17.3 Å². The van der Waals surface area contributed by atoms with Gasteiger partial charge >= 0.3 is 5.97 Å². The van der Waals surface area contributed by atoms with Crippen molar-refractivity contribution in [3.63, 3.8) is 0 Å². The number of hydrogen-bond acceptors (Lipinski definition) is 5. The maximum atomic E-state index is 11.0. The largest absolute Gasteiger partial charge is 0.478 e. The summed E-state index contributed by atoms with van der Waals surface area (Å²) < 4.78 is 0. The van der Waals surface area contributed by atoms with E-state index in [1.165, 1.54) is 18.2 Å². The number of hydrogen-bond donors (Lipinski definition) is 3. The predicted molar refractivity (Wildman–Crippen MR) is 64.8 cm³/mol. The summed E-state index contributed by atoms with van der Waals surface area (Å²) in [7, 11) is 0. The number of nitrogens with zero attached hydrogens (tertiary/aromatic N) is 1. The number of aromatic carboxylic acids is 1. The Morgan fingerprint density at radius 2 is 2.22 bits per heavy atom. The molecule has 0 spiro atoms. The zero-order chi connectivity index (χ0) is 13.7. The molecule has 0 bridgehead atoms. The number of carboxylic acid groups (broad SMARTS) is 1. The fraction of sp³-hybridized carbons (Fsp3) is 0.364. The van der Waals surface area contributed by atoms with Gasteiger partial charge in [-0.2, -0.15) is 0 Å². The molecule has 1 aromatic carbocycles. The molecule has 0 aromatic heterocycles. The minimum absolute atomic E-state index is 0.0732. The monoisotopic (exact) mass is 254 g/mol. The van der Waals surface area contributed by atoms with Crippen LogP contribution >= 0.6 is 0 Å². The van der Waals surface area contributed by atoms with Gasteiger partial charge in [-0.15, -0.1) is 0 Å². The summed E-state index contributed by atoms with van der Waals surface area (Å²) in [5, 5.41) is 31.6. The fourth-order valence-corrected chi connectivity index (χ4v) is 1.50. The van der Waals surface area contributed by atoms with Gasteiger partial charge < -0.3 is 15.5 Å². The summed E-state index contributed by atoms with van der Waals surface area (Å²) in [6, 6.07) is 3.39. The normalized spacial score (nSPS) is 11.9. The first-order valence-corrected chi connectivity index (χ1v) is 5.39. The second kappa shape index (κ2) is 5.97. The number of aliphatic hydroxyl groups excluding tert-OH is 1. The Bertz CT molecular complexity index is 424. The van der Waals surface area contributed by atoms with Gasteiger partial charge in [0.15, 0.2) is 0 Å². The molecule has 1 aromatic rings. The van der Waals surface area contributed by atoms with Crippen LogP contribution in [0.1, 0.15) is 23.7 Å². The van der Waals surface area contributed by atoms with E-state index in [0.717, 1.165) is 0 Å². The lowest BCUT2D eigenvalue weighted by molar-refractivity contribution is -0.384. The third-order valence-electron chi connectivity index (χ3n) is 2.53. The molecule has 0 amide bonds. The zero-order valence-electron chi connectivity index (χ0n) is 9.79. The van der Waals surface area contributed by atoms with Crippen molar-refractivity contribution < 1.29 is 19.9 Å². The molecular weight excluding hydrogens is 240 g/mol. The Balaban J connectivity index is 3.26. The molecular formula is C11H14N2O5.